The second-order valence-corrected chi connectivity index (χ2v) is 2.35. The van der Waals surface area contributed by atoms with Crippen LogP contribution in [-0.4, -0.2) is 20.6 Å². The minimum Gasteiger partial charge on any atom is -0.485 e. The molecule has 0 amide bonds. The summed E-state index contributed by atoms with van der Waals surface area (Å²) in [6.45, 7) is 0.320. The van der Waals surface area contributed by atoms with E-state index >= 15 is 0 Å². The lowest BCUT2D eigenvalue weighted by molar-refractivity contribution is 0.296. The maximum atomic E-state index is 5.35. The molecule has 0 aliphatic rings. The van der Waals surface area contributed by atoms with Gasteiger partial charge in [0.2, 0.25) is 5.82 Å². The van der Waals surface area contributed by atoms with Gasteiger partial charge in [-0.25, -0.2) is 0 Å². The van der Waals surface area contributed by atoms with Crippen LogP contribution < -0.4 is 4.74 Å². The second kappa shape index (κ2) is 3.66. The molecule has 1 radical (unpaired) electrons. The molecule has 0 aliphatic heterocycles. The van der Waals surface area contributed by atoms with E-state index in [1.165, 1.54) is 0 Å². The van der Waals surface area contributed by atoms with Crippen LogP contribution in [0.4, 0.5) is 0 Å². The third-order valence-corrected chi connectivity index (χ3v) is 1.44. The van der Waals surface area contributed by atoms with Crippen molar-refractivity contribution in [2.45, 2.75) is 6.61 Å². The number of hydrogen-bond acceptors (Lipinski definition) is 4. The number of H-pyrrole nitrogens is 1. The van der Waals surface area contributed by atoms with Crippen molar-refractivity contribution in [3.63, 3.8) is 0 Å². The van der Waals surface area contributed by atoms with E-state index in [4.69, 9.17) is 4.74 Å². The van der Waals surface area contributed by atoms with Gasteiger partial charge in [-0.2, -0.15) is 5.21 Å². The molecule has 1 heterocycles. The van der Waals surface area contributed by atoms with E-state index in [1.54, 1.807) is 12.1 Å². The number of ether oxygens (including phenoxy) is 1. The Morgan fingerprint density at radius 3 is 2.92 bits per heavy atom. The Hall–Kier alpha value is -1.91. The van der Waals surface area contributed by atoms with Gasteiger partial charge in [-0.1, -0.05) is 17.3 Å². The summed E-state index contributed by atoms with van der Waals surface area (Å²) in [7, 11) is 0. The van der Waals surface area contributed by atoms with Gasteiger partial charge in [0, 0.05) is 0 Å². The van der Waals surface area contributed by atoms with Crippen LogP contribution in [0.1, 0.15) is 5.82 Å². The summed E-state index contributed by atoms with van der Waals surface area (Å²) in [6, 6.07) is 10.1. The van der Waals surface area contributed by atoms with Gasteiger partial charge < -0.3 is 4.74 Å². The van der Waals surface area contributed by atoms with Crippen molar-refractivity contribution in [2.24, 2.45) is 0 Å². The normalized spacial score (nSPS) is 9.85. The molecule has 13 heavy (non-hydrogen) atoms. The van der Waals surface area contributed by atoms with Crippen LogP contribution in [-0.2, 0) is 6.61 Å². The first-order valence-electron chi connectivity index (χ1n) is 3.76. The monoisotopic (exact) mass is 175 g/mol. The molecule has 2 rings (SSSR count). The molecule has 2 aromatic rings. The lowest BCUT2D eigenvalue weighted by atomic mass is 10.3. The molecule has 0 saturated carbocycles. The van der Waals surface area contributed by atoms with Gasteiger partial charge in [0.05, 0.1) is 0 Å². The number of aromatic nitrogens is 4. The molecule has 0 atom stereocenters. The summed E-state index contributed by atoms with van der Waals surface area (Å²) in [5.74, 6) is 1.30. The van der Waals surface area contributed by atoms with E-state index in [9.17, 15) is 0 Å². The van der Waals surface area contributed by atoms with Crippen molar-refractivity contribution in [3.05, 3.63) is 36.2 Å². The fraction of sp³-hybridized carbons (Fsp3) is 0.125. The molecule has 1 aromatic carbocycles. The molecular formula is C8H7N4O. The molecule has 0 unspecified atom stereocenters. The summed E-state index contributed by atoms with van der Waals surface area (Å²) in [5.41, 5.74) is 0. The number of rotatable bonds is 3. The molecule has 65 valence electrons. The third kappa shape index (κ3) is 2.02. The maximum absolute atomic E-state index is 5.35. The van der Waals surface area contributed by atoms with Crippen molar-refractivity contribution >= 4 is 0 Å². The van der Waals surface area contributed by atoms with Crippen LogP contribution in [0.3, 0.4) is 0 Å². The van der Waals surface area contributed by atoms with E-state index in [0.717, 1.165) is 5.75 Å². The smallest absolute Gasteiger partial charge is 0.211 e. The number of benzene rings is 1. The number of aromatic amines is 1. The largest absolute Gasteiger partial charge is 0.485 e. The van der Waals surface area contributed by atoms with E-state index in [-0.39, 0.29) is 0 Å². The zero-order valence-corrected chi connectivity index (χ0v) is 6.77. The Bertz CT molecular complexity index is 346. The van der Waals surface area contributed by atoms with Gasteiger partial charge in [-0.05, 0) is 18.2 Å². The van der Waals surface area contributed by atoms with E-state index < -0.39 is 0 Å². The van der Waals surface area contributed by atoms with Crippen LogP contribution in [0.5, 0.6) is 5.75 Å². The molecule has 1 aromatic heterocycles. The number of hydrogen-bond donors (Lipinski definition) is 1. The summed E-state index contributed by atoms with van der Waals surface area (Å²) < 4.78 is 5.35. The van der Waals surface area contributed by atoms with Crippen molar-refractivity contribution in [2.75, 3.05) is 0 Å². The predicted octanol–water partition coefficient (Wildman–Crippen LogP) is 0.579. The fourth-order valence-electron chi connectivity index (χ4n) is 0.859. The van der Waals surface area contributed by atoms with Crippen molar-refractivity contribution in [3.8, 4) is 5.75 Å². The first kappa shape index (κ1) is 7.72. The molecule has 0 spiro atoms. The molecule has 0 bridgehead atoms. The molecule has 5 heteroatoms. The highest BCUT2D eigenvalue weighted by molar-refractivity contribution is 5.20. The van der Waals surface area contributed by atoms with Gasteiger partial charge >= 0.3 is 0 Å². The zero-order chi connectivity index (χ0) is 8.93. The van der Waals surface area contributed by atoms with Crippen LogP contribution in [0, 0.1) is 6.07 Å². The highest BCUT2D eigenvalue weighted by Crippen LogP contribution is 2.08. The summed E-state index contributed by atoms with van der Waals surface area (Å²) in [4.78, 5) is 0. The molecule has 5 nitrogen and oxygen atoms in total. The van der Waals surface area contributed by atoms with Gasteiger partial charge in [-0.15, -0.1) is 10.2 Å². The Balaban J connectivity index is 1.94. The highest BCUT2D eigenvalue weighted by Gasteiger charge is 1.98. The van der Waals surface area contributed by atoms with Crippen LogP contribution in [0.15, 0.2) is 24.3 Å². The Labute approximate surface area is 74.7 Å². The molecule has 0 aliphatic carbocycles. The summed E-state index contributed by atoms with van der Waals surface area (Å²) in [5, 5.41) is 13.3. The molecule has 0 fully saturated rings. The van der Waals surface area contributed by atoms with Crippen molar-refractivity contribution in [1.29, 1.82) is 0 Å². The number of nitrogens with zero attached hydrogens (tertiary/aromatic N) is 3. The zero-order valence-electron chi connectivity index (χ0n) is 6.77. The number of tetrazole rings is 1. The quantitative estimate of drug-likeness (QED) is 0.741. The topological polar surface area (TPSA) is 63.7 Å². The maximum Gasteiger partial charge on any atom is 0.211 e. The van der Waals surface area contributed by atoms with Crippen LogP contribution in [0.25, 0.3) is 0 Å². The van der Waals surface area contributed by atoms with E-state index in [0.29, 0.717) is 12.4 Å². The highest BCUT2D eigenvalue weighted by atomic mass is 16.5. The predicted molar refractivity (Wildman–Crippen MR) is 43.8 cm³/mol. The number of nitrogens with one attached hydrogen (secondary N) is 1. The second-order valence-electron chi connectivity index (χ2n) is 2.35. The average Bonchev–Trinajstić information content (AvgIpc) is 2.69. The Kier molecular flexibility index (Phi) is 2.18. The van der Waals surface area contributed by atoms with E-state index in [2.05, 4.69) is 26.7 Å². The molecule has 0 saturated heterocycles. The van der Waals surface area contributed by atoms with Gasteiger partial charge in [0.15, 0.2) is 6.61 Å². The minimum atomic E-state index is 0.320. The standard InChI is InChI=1S/C8H7N4O/c1-2-4-7(5-3-1)13-6-8-9-11-12-10-8/h2-5H,6H2,(H,9,10,11,12). The van der Waals surface area contributed by atoms with E-state index in [1.807, 2.05) is 12.1 Å². The minimum absolute atomic E-state index is 0.320. The average molecular weight is 175 g/mol. The van der Waals surface area contributed by atoms with Crippen LogP contribution in [0.2, 0.25) is 0 Å². The lowest BCUT2D eigenvalue weighted by Crippen LogP contribution is -1.97. The van der Waals surface area contributed by atoms with Crippen LogP contribution >= 0.6 is 0 Å². The lowest BCUT2D eigenvalue weighted by Gasteiger charge is -2.00. The van der Waals surface area contributed by atoms with Gasteiger partial charge in [-0.3, -0.25) is 0 Å². The Morgan fingerprint density at radius 1 is 1.38 bits per heavy atom. The third-order valence-electron chi connectivity index (χ3n) is 1.44. The summed E-state index contributed by atoms with van der Waals surface area (Å²) >= 11 is 0. The van der Waals surface area contributed by atoms with Gasteiger partial charge in [0.1, 0.15) is 5.75 Å². The molecule has 1 N–H and O–H groups in total. The first-order chi connectivity index (χ1) is 6.45. The SMILES string of the molecule is [c]1ccc(OCc2nn[nH]n2)cc1. The molecular weight excluding hydrogens is 168 g/mol. The summed E-state index contributed by atoms with van der Waals surface area (Å²) in [6.07, 6.45) is 0. The van der Waals surface area contributed by atoms with Gasteiger partial charge in [0.25, 0.3) is 0 Å². The fourth-order valence-corrected chi connectivity index (χ4v) is 0.859. The first-order valence-corrected chi connectivity index (χ1v) is 3.76. The van der Waals surface area contributed by atoms with Crippen molar-refractivity contribution in [1.82, 2.24) is 20.6 Å². The Morgan fingerprint density at radius 2 is 2.23 bits per heavy atom. The van der Waals surface area contributed by atoms with Crippen molar-refractivity contribution < 1.29 is 4.74 Å².